The maximum Gasteiger partial charge on any atom is 0.0272 e. The smallest absolute Gasteiger partial charge is 0.0272 e. The standard InChI is InChI=1S/C10H20N2.ClH/c1-9(2)7-4-5-10(9,3)8(6-7)12-11;/h7-8,12H,4-6,11H2,1-3H3;1H. The molecule has 0 heterocycles. The zero-order valence-electron chi connectivity index (χ0n) is 8.76. The molecule has 0 amide bonds. The second-order valence-corrected chi connectivity index (χ2v) is 5.33. The summed E-state index contributed by atoms with van der Waals surface area (Å²) in [5.41, 5.74) is 3.92. The fourth-order valence-corrected chi connectivity index (χ4v) is 3.46. The highest BCUT2D eigenvalue weighted by Crippen LogP contribution is 2.65. The topological polar surface area (TPSA) is 38.0 Å². The maximum atomic E-state index is 5.58. The minimum absolute atomic E-state index is 0. The van der Waals surface area contributed by atoms with Crippen molar-refractivity contribution < 1.29 is 0 Å². The first-order valence-corrected chi connectivity index (χ1v) is 4.98. The second-order valence-electron chi connectivity index (χ2n) is 5.33. The van der Waals surface area contributed by atoms with Gasteiger partial charge in [0, 0.05) is 6.04 Å². The van der Waals surface area contributed by atoms with E-state index in [9.17, 15) is 0 Å². The van der Waals surface area contributed by atoms with E-state index in [1.54, 1.807) is 0 Å². The average molecular weight is 205 g/mol. The number of rotatable bonds is 1. The Morgan fingerprint density at radius 2 is 1.92 bits per heavy atom. The molecule has 0 saturated heterocycles. The van der Waals surface area contributed by atoms with Crippen molar-refractivity contribution in [3.8, 4) is 0 Å². The summed E-state index contributed by atoms with van der Waals surface area (Å²) in [4.78, 5) is 0. The van der Waals surface area contributed by atoms with Gasteiger partial charge in [0.05, 0.1) is 0 Å². The molecule has 3 heteroatoms. The molecule has 3 unspecified atom stereocenters. The molecule has 2 rings (SSSR count). The third kappa shape index (κ3) is 1.15. The van der Waals surface area contributed by atoms with Gasteiger partial charge in [-0.2, -0.15) is 0 Å². The van der Waals surface area contributed by atoms with Gasteiger partial charge in [-0.1, -0.05) is 20.8 Å². The van der Waals surface area contributed by atoms with Crippen molar-refractivity contribution >= 4 is 12.4 Å². The van der Waals surface area contributed by atoms with Gasteiger partial charge in [0.1, 0.15) is 0 Å². The molecule has 2 aliphatic carbocycles. The molecule has 2 fully saturated rings. The molecule has 3 atom stereocenters. The summed E-state index contributed by atoms with van der Waals surface area (Å²) in [5.74, 6) is 6.47. The van der Waals surface area contributed by atoms with Gasteiger partial charge in [-0.3, -0.25) is 11.3 Å². The first-order chi connectivity index (χ1) is 5.52. The van der Waals surface area contributed by atoms with Crippen molar-refractivity contribution in [1.82, 2.24) is 5.43 Å². The molecular formula is C10H21ClN2. The van der Waals surface area contributed by atoms with Gasteiger partial charge in [-0.05, 0) is 36.0 Å². The largest absolute Gasteiger partial charge is 0.271 e. The van der Waals surface area contributed by atoms with Crippen molar-refractivity contribution in [3.05, 3.63) is 0 Å². The van der Waals surface area contributed by atoms with Crippen LogP contribution in [0.4, 0.5) is 0 Å². The van der Waals surface area contributed by atoms with Crippen LogP contribution in [0.25, 0.3) is 0 Å². The molecule has 2 bridgehead atoms. The maximum absolute atomic E-state index is 5.58. The molecule has 3 N–H and O–H groups in total. The molecule has 0 aliphatic heterocycles. The lowest BCUT2D eigenvalue weighted by Crippen LogP contribution is -2.47. The quantitative estimate of drug-likeness (QED) is 0.507. The number of nitrogens with one attached hydrogen (secondary N) is 1. The van der Waals surface area contributed by atoms with Crippen molar-refractivity contribution in [2.75, 3.05) is 0 Å². The Balaban J connectivity index is 0.000000845. The van der Waals surface area contributed by atoms with Gasteiger partial charge in [-0.15, -0.1) is 12.4 Å². The minimum atomic E-state index is 0. The number of hydrogen-bond acceptors (Lipinski definition) is 2. The van der Waals surface area contributed by atoms with Crippen LogP contribution in [0.3, 0.4) is 0 Å². The number of fused-ring (bicyclic) bond motifs is 2. The molecular weight excluding hydrogens is 184 g/mol. The highest BCUT2D eigenvalue weighted by molar-refractivity contribution is 5.85. The molecule has 13 heavy (non-hydrogen) atoms. The highest BCUT2D eigenvalue weighted by atomic mass is 35.5. The molecule has 2 saturated carbocycles. The molecule has 0 aromatic rings. The second kappa shape index (κ2) is 3.11. The molecule has 0 aromatic carbocycles. The summed E-state index contributed by atoms with van der Waals surface area (Å²) in [6.45, 7) is 7.20. The fourth-order valence-electron chi connectivity index (χ4n) is 3.46. The predicted molar refractivity (Wildman–Crippen MR) is 57.6 cm³/mol. The Bertz CT molecular complexity index is 205. The van der Waals surface area contributed by atoms with Crippen LogP contribution >= 0.6 is 12.4 Å². The monoisotopic (exact) mass is 204 g/mol. The van der Waals surface area contributed by atoms with Gasteiger partial charge in [0.15, 0.2) is 0 Å². The Hall–Kier alpha value is 0.210. The summed E-state index contributed by atoms with van der Waals surface area (Å²) < 4.78 is 0. The highest BCUT2D eigenvalue weighted by Gasteiger charge is 2.60. The Morgan fingerprint density at radius 3 is 2.15 bits per heavy atom. The van der Waals surface area contributed by atoms with Crippen LogP contribution in [0.5, 0.6) is 0 Å². The van der Waals surface area contributed by atoms with Crippen LogP contribution in [0.15, 0.2) is 0 Å². The average Bonchev–Trinajstić information content (AvgIpc) is 2.34. The minimum Gasteiger partial charge on any atom is -0.271 e. The number of nitrogens with two attached hydrogens (primary N) is 1. The lowest BCUT2D eigenvalue weighted by molar-refractivity contribution is 0.121. The normalized spacial score (nSPS) is 46.2. The van der Waals surface area contributed by atoms with Crippen molar-refractivity contribution in [2.45, 2.75) is 46.1 Å². The van der Waals surface area contributed by atoms with E-state index in [-0.39, 0.29) is 12.4 Å². The SMILES string of the molecule is CC1(C)C2CCC1(C)C(NN)C2.Cl. The zero-order valence-corrected chi connectivity index (χ0v) is 9.58. The Labute approximate surface area is 87.0 Å². The van der Waals surface area contributed by atoms with Crippen LogP contribution in [-0.4, -0.2) is 6.04 Å². The molecule has 78 valence electrons. The van der Waals surface area contributed by atoms with Gasteiger partial charge >= 0.3 is 0 Å². The summed E-state index contributed by atoms with van der Waals surface area (Å²) in [5, 5.41) is 0. The van der Waals surface area contributed by atoms with E-state index in [1.165, 1.54) is 19.3 Å². The predicted octanol–water partition coefficient (Wildman–Crippen LogP) is 2.09. The molecule has 2 aliphatic rings. The summed E-state index contributed by atoms with van der Waals surface area (Å²) in [6, 6.07) is 0.547. The third-order valence-corrected chi connectivity index (χ3v) is 5.00. The molecule has 0 aromatic heterocycles. The van der Waals surface area contributed by atoms with Gasteiger partial charge in [-0.25, -0.2) is 0 Å². The molecule has 2 nitrogen and oxygen atoms in total. The number of halogens is 1. The number of hydrazine groups is 1. The van der Waals surface area contributed by atoms with Gasteiger partial charge in [0.2, 0.25) is 0 Å². The Kier molecular flexibility index (Phi) is 2.70. The van der Waals surface area contributed by atoms with E-state index in [0.717, 1.165) is 5.92 Å². The van der Waals surface area contributed by atoms with Crippen molar-refractivity contribution in [2.24, 2.45) is 22.6 Å². The molecule has 0 radical (unpaired) electrons. The number of hydrogen-bond donors (Lipinski definition) is 2. The van der Waals surface area contributed by atoms with E-state index < -0.39 is 0 Å². The zero-order chi connectivity index (χ0) is 8.98. The van der Waals surface area contributed by atoms with Crippen LogP contribution in [0.1, 0.15) is 40.0 Å². The van der Waals surface area contributed by atoms with E-state index in [1.807, 2.05) is 0 Å². The fraction of sp³-hybridized carbons (Fsp3) is 1.00. The van der Waals surface area contributed by atoms with Crippen LogP contribution < -0.4 is 11.3 Å². The van der Waals surface area contributed by atoms with Gasteiger partial charge < -0.3 is 0 Å². The van der Waals surface area contributed by atoms with E-state index in [0.29, 0.717) is 16.9 Å². The van der Waals surface area contributed by atoms with Crippen molar-refractivity contribution in [3.63, 3.8) is 0 Å². The molecule has 0 spiro atoms. The van der Waals surface area contributed by atoms with Crippen LogP contribution in [0, 0.1) is 16.7 Å². The summed E-state index contributed by atoms with van der Waals surface area (Å²) >= 11 is 0. The van der Waals surface area contributed by atoms with Gasteiger partial charge in [0.25, 0.3) is 0 Å². The summed E-state index contributed by atoms with van der Waals surface area (Å²) in [7, 11) is 0. The van der Waals surface area contributed by atoms with Crippen molar-refractivity contribution in [1.29, 1.82) is 0 Å². The Morgan fingerprint density at radius 1 is 1.31 bits per heavy atom. The first-order valence-electron chi connectivity index (χ1n) is 4.98. The lowest BCUT2D eigenvalue weighted by Gasteiger charge is -2.38. The summed E-state index contributed by atoms with van der Waals surface area (Å²) in [6.07, 6.45) is 4.03. The van der Waals surface area contributed by atoms with E-state index in [4.69, 9.17) is 5.84 Å². The third-order valence-electron chi connectivity index (χ3n) is 5.00. The van der Waals surface area contributed by atoms with Crippen LogP contribution in [0.2, 0.25) is 0 Å². The lowest BCUT2D eigenvalue weighted by atomic mass is 9.69. The van der Waals surface area contributed by atoms with E-state index in [2.05, 4.69) is 26.2 Å². The van der Waals surface area contributed by atoms with E-state index >= 15 is 0 Å². The first kappa shape index (κ1) is 11.3. The van der Waals surface area contributed by atoms with Crippen LogP contribution in [-0.2, 0) is 0 Å².